The topological polar surface area (TPSA) is 98.5 Å². The first-order valence-corrected chi connectivity index (χ1v) is 9.67. The number of thioether (sulfide) groups is 1. The van der Waals surface area contributed by atoms with E-state index in [4.69, 9.17) is 0 Å². The number of nitrogens with one attached hydrogen (secondary N) is 1. The molecule has 0 aliphatic rings. The van der Waals surface area contributed by atoms with Crippen molar-refractivity contribution >= 4 is 29.9 Å². The third-order valence-corrected chi connectivity index (χ3v) is 4.81. The van der Waals surface area contributed by atoms with Gasteiger partial charge in [-0.05, 0) is 36.8 Å². The van der Waals surface area contributed by atoms with Gasteiger partial charge >= 0.3 is 5.97 Å². The molecule has 3 aromatic rings. The van der Waals surface area contributed by atoms with E-state index in [1.54, 1.807) is 24.3 Å². The van der Waals surface area contributed by atoms with Crippen molar-refractivity contribution < 1.29 is 14.3 Å². The number of rotatable bonds is 7. The lowest BCUT2D eigenvalue weighted by atomic mass is 10.1. The number of hydrazone groups is 1. The van der Waals surface area contributed by atoms with Crippen molar-refractivity contribution in [1.82, 2.24) is 20.2 Å². The summed E-state index contributed by atoms with van der Waals surface area (Å²) in [4.78, 5) is 23.5. The number of aryl methyl sites for hydroxylation is 1. The molecule has 0 bridgehead atoms. The summed E-state index contributed by atoms with van der Waals surface area (Å²) in [5, 5.41) is 12.8. The van der Waals surface area contributed by atoms with Gasteiger partial charge in [0.2, 0.25) is 0 Å². The fourth-order valence-electron chi connectivity index (χ4n) is 2.48. The smallest absolute Gasteiger partial charge is 0.337 e. The highest BCUT2D eigenvalue weighted by Crippen LogP contribution is 2.21. The highest BCUT2D eigenvalue weighted by molar-refractivity contribution is 7.99. The zero-order valence-electron chi connectivity index (χ0n) is 15.9. The van der Waals surface area contributed by atoms with Gasteiger partial charge in [0.15, 0.2) is 5.16 Å². The summed E-state index contributed by atoms with van der Waals surface area (Å²) >= 11 is 1.28. The summed E-state index contributed by atoms with van der Waals surface area (Å²) in [6.45, 7) is 1.86. The molecule has 148 valence electrons. The summed E-state index contributed by atoms with van der Waals surface area (Å²) in [6, 6.07) is 16.4. The summed E-state index contributed by atoms with van der Waals surface area (Å²) in [5.74, 6) is 0.214. The first-order valence-electron chi connectivity index (χ1n) is 8.69. The number of ether oxygens (including phenoxy) is 1. The highest BCUT2D eigenvalue weighted by atomic mass is 32.2. The number of methoxy groups -OCH3 is 1. The largest absolute Gasteiger partial charge is 0.465 e. The first-order chi connectivity index (χ1) is 14.1. The second-order valence-electron chi connectivity index (χ2n) is 5.90. The lowest BCUT2D eigenvalue weighted by Crippen LogP contribution is -2.20. The van der Waals surface area contributed by atoms with Crippen LogP contribution < -0.4 is 5.43 Å². The van der Waals surface area contributed by atoms with Gasteiger partial charge in [-0.15, -0.1) is 10.2 Å². The van der Waals surface area contributed by atoms with Crippen LogP contribution in [0.25, 0.3) is 5.69 Å². The fraction of sp³-hybridized carbons (Fsp3) is 0.150. The van der Waals surface area contributed by atoms with Gasteiger partial charge < -0.3 is 4.74 Å². The van der Waals surface area contributed by atoms with Crippen molar-refractivity contribution in [3.05, 3.63) is 71.5 Å². The molecule has 0 saturated carbocycles. The number of para-hydroxylation sites is 1. The van der Waals surface area contributed by atoms with E-state index in [9.17, 15) is 9.59 Å². The second kappa shape index (κ2) is 9.65. The van der Waals surface area contributed by atoms with Crippen LogP contribution in [0.2, 0.25) is 0 Å². The standard InChI is InChI=1S/C20H19N5O3S/c1-14-22-24-20(25(14)17-6-4-3-5-7-17)29-13-18(26)23-21-12-15-8-10-16(11-9-15)19(27)28-2/h3-12H,13H2,1-2H3,(H,23,26). The number of carbonyl (C=O) groups excluding carboxylic acids is 2. The van der Waals surface area contributed by atoms with Crippen molar-refractivity contribution in [2.45, 2.75) is 12.1 Å². The molecule has 0 atom stereocenters. The Kier molecular flexibility index (Phi) is 6.75. The Bertz CT molecular complexity index is 1020. The maximum Gasteiger partial charge on any atom is 0.337 e. The zero-order valence-corrected chi connectivity index (χ0v) is 16.7. The number of hydrogen-bond donors (Lipinski definition) is 1. The molecule has 1 aromatic heterocycles. The Morgan fingerprint density at radius 1 is 1.14 bits per heavy atom. The maximum atomic E-state index is 12.1. The molecule has 8 nitrogen and oxygen atoms in total. The van der Waals surface area contributed by atoms with Gasteiger partial charge in [-0.2, -0.15) is 5.10 Å². The highest BCUT2D eigenvalue weighted by Gasteiger charge is 2.13. The average molecular weight is 409 g/mol. The van der Waals surface area contributed by atoms with Gasteiger partial charge in [-0.25, -0.2) is 10.2 Å². The van der Waals surface area contributed by atoms with Crippen LogP contribution in [-0.4, -0.2) is 45.7 Å². The fourth-order valence-corrected chi connectivity index (χ4v) is 3.26. The first kappa shape index (κ1) is 20.3. The predicted octanol–water partition coefficient (Wildman–Crippen LogP) is 2.60. The predicted molar refractivity (Wildman–Crippen MR) is 110 cm³/mol. The van der Waals surface area contributed by atoms with E-state index in [1.165, 1.54) is 25.1 Å². The second-order valence-corrected chi connectivity index (χ2v) is 6.84. The third-order valence-electron chi connectivity index (χ3n) is 3.88. The summed E-state index contributed by atoms with van der Waals surface area (Å²) in [5.41, 5.74) is 4.60. The van der Waals surface area contributed by atoms with Crippen molar-refractivity contribution in [2.75, 3.05) is 12.9 Å². The number of benzene rings is 2. The minimum Gasteiger partial charge on any atom is -0.465 e. The molecule has 0 spiro atoms. The molecule has 0 radical (unpaired) electrons. The normalized spacial score (nSPS) is 10.8. The van der Waals surface area contributed by atoms with Crippen LogP contribution in [0.4, 0.5) is 0 Å². The monoisotopic (exact) mass is 409 g/mol. The van der Waals surface area contributed by atoms with Crippen molar-refractivity contribution in [2.24, 2.45) is 5.10 Å². The van der Waals surface area contributed by atoms with Crippen LogP contribution in [0.1, 0.15) is 21.7 Å². The number of nitrogens with zero attached hydrogens (tertiary/aromatic N) is 4. The molecule has 1 N–H and O–H groups in total. The Balaban J connectivity index is 1.55. The van der Waals surface area contributed by atoms with E-state index in [2.05, 4.69) is 25.5 Å². The van der Waals surface area contributed by atoms with Crippen molar-refractivity contribution in [1.29, 1.82) is 0 Å². The molecular weight excluding hydrogens is 390 g/mol. The lowest BCUT2D eigenvalue weighted by molar-refractivity contribution is -0.118. The summed E-state index contributed by atoms with van der Waals surface area (Å²) in [6.07, 6.45) is 1.50. The van der Waals surface area contributed by atoms with Crippen LogP contribution >= 0.6 is 11.8 Å². The molecule has 0 fully saturated rings. The molecule has 1 amide bonds. The lowest BCUT2D eigenvalue weighted by Gasteiger charge is -2.07. The van der Waals surface area contributed by atoms with E-state index in [-0.39, 0.29) is 11.7 Å². The minimum atomic E-state index is -0.405. The number of amides is 1. The molecule has 0 saturated heterocycles. The molecule has 9 heteroatoms. The molecule has 0 aliphatic carbocycles. The number of hydrogen-bond acceptors (Lipinski definition) is 7. The van der Waals surface area contributed by atoms with Crippen molar-refractivity contribution in [3.8, 4) is 5.69 Å². The van der Waals surface area contributed by atoms with Crippen LogP contribution in [-0.2, 0) is 9.53 Å². The Labute approximate surface area is 172 Å². The van der Waals surface area contributed by atoms with E-state index >= 15 is 0 Å². The molecule has 0 unspecified atom stereocenters. The minimum absolute atomic E-state index is 0.142. The Morgan fingerprint density at radius 3 is 2.55 bits per heavy atom. The van der Waals surface area contributed by atoms with E-state index in [0.717, 1.165) is 17.1 Å². The van der Waals surface area contributed by atoms with Crippen LogP contribution in [0.3, 0.4) is 0 Å². The van der Waals surface area contributed by atoms with Crippen LogP contribution in [0.15, 0.2) is 64.9 Å². The Hall–Kier alpha value is -3.46. The van der Waals surface area contributed by atoms with Gasteiger partial charge in [0.25, 0.3) is 5.91 Å². The van der Waals surface area contributed by atoms with Gasteiger partial charge in [-0.3, -0.25) is 9.36 Å². The van der Waals surface area contributed by atoms with E-state index < -0.39 is 5.97 Å². The van der Waals surface area contributed by atoms with E-state index in [1.807, 2.05) is 41.8 Å². The quantitative estimate of drug-likeness (QED) is 0.279. The molecule has 1 heterocycles. The number of carbonyl (C=O) groups is 2. The maximum absolute atomic E-state index is 12.1. The van der Waals surface area contributed by atoms with Crippen LogP contribution in [0.5, 0.6) is 0 Å². The third kappa shape index (κ3) is 5.29. The molecule has 2 aromatic carbocycles. The molecule has 29 heavy (non-hydrogen) atoms. The SMILES string of the molecule is COC(=O)c1ccc(C=NNC(=O)CSc2nnc(C)n2-c2ccccc2)cc1. The molecular formula is C20H19N5O3S. The number of aromatic nitrogens is 3. The van der Waals surface area contributed by atoms with Crippen LogP contribution in [0, 0.1) is 6.92 Å². The zero-order chi connectivity index (χ0) is 20.6. The van der Waals surface area contributed by atoms with Gasteiger partial charge in [0.05, 0.1) is 24.6 Å². The molecule has 0 aliphatic heterocycles. The van der Waals surface area contributed by atoms with Gasteiger partial charge in [-0.1, -0.05) is 42.1 Å². The number of esters is 1. The molecule has 3 rings (SSSR count). The average Bonchev–Trinajstić information content (AvgIpc) is 3.13. The van der Waals surface area contributed by atoms with Gasteiger partial charge in [0, 0.05) is 5.69 Å². The Morgan fingerprint density at radius 2 is 1.86 bits per heavy atom. The van der Waals surface area contributed by atoms with E-state index in [0.29, 0.717) is 10.7 Å². The van der Waals surface area contributed by atoms with Gasteiger partial charge in [0.1, 0.15) is 5.82 Å². The summed E-state index contributed by atoms with van der Waals surface area (Å²) in [7, 11) is 1.33. The van der Waals surface area contributed by atoms with Crippen molar-refractivity contribution in [3.63, 3.8) is 0 Å². The summed E-state index contributed by atoms with van der Waals surface area (Å²) < 4.78 is 6.54.